The quantitative estimate of drug-likeness (QED) is 0.862. The average Bonchev–Trinajstić information content (AvgIpc) is 2.48. The highest BCUT2D eigenvalue weighted by Crippen LogP contribution is 2.31. The highest BCUT2D eigenvalue weighted by Gasteiger charge is 2.42. The van der Waals surface area contributed by atoms with E-state index in [4.69, 9.17) is 5.73 Å². The van der Waals surface area contributed by atoms with Gasteiger partial charge in [-0.1, -0.05) is 25.0 Å². The van der Waals surface area contributed by atoms with E-state index in [1.165, 1.54) is 4.90 Å². The topological polar surface area (TPSA) is 75.4 Å². The summed E-state index contributed by atoms with van der Waals surface area (Å²) in [7, 11) is 0. The minimum absolute atomic E-state index is 0.0170. The molecule has 1 saturated carbocycles. The first kappa shape index (κ1) is 13.1. The van der Waals surface area contributed by atoms with Crippen LogP contribution in [0.5, 0.6) is 0 Å². The normalized spacial score (nSPS) is 26.1. The third-order valence-electron chi connectivity index (χ3n) is 4.25. The molecule has 20 heavy (non-hydrogen) atoms. The van der Waals surface area contributed by atoms with Gasteiger partial charge in [0.2, 0.25) is 5.91 Å². The van der Waals surface area contributed by atoms with Gasteiger partial charge in [-0.2, -0.15) is 0 Å². The molecule has 1 saturated heterocycles. The summed E-state index contributed by atoms with van der Waals surface area (Å²) < 4.78 is 0. The molecule has 0 aromatic heterocycles. The van der Waals surface area contributed by atoms with E-state index in [2.05, 4.69) is 5.32 Å². The van der Waals surface area contributed by atoms with Crippen LogP contribution in [0.15, 0.2) is 24.3 Å². The van der Waals surface area contributed by atoms with Gasteiger partial charge in [0.1, 0.15) is 0 Å². The Morgan fingerprint density at radius 2 is 1.85 bits per heavy atom. The molecule has 1 heterocycles. The van der Waals surface area contributed by atoms with Crippen LogP contribution >= 0.6 is 0 Å². The lowest BCUT2D eigenvalue weighted by Gasteiger charge is -2.39. The minimum Gasteiger partial charge on any atom is -0.334 e. The molecule has 5 heteroatoms. The number of urea groups is 1. The number of rotatable bonds is 2. The molecular weight excluding hydrogens is 254 g/mol. The summed E-state index contributed by atoms with van der Waals surface area (Å²) in [5, 5.41) is 2.97. The number of amides is 3. The first-order valence-corrected chi connectivity index (χ1v) is 7.14. The summed E-state index contributed by atoms with van der Waals surface area (Å²) in [6.45, 7) is 0.450. The maximum Gasteiger partial charge on any atom is 0.328 e. The van der Waals surface area contributed by atoms with Crippen molar-refractivity contribution in [3.05, 3.63) is 29.8 Å². The Morgan fingerprint density at radius 3 is 2.55 bits per heavy atom. The molecule has 2 aliphatic rings. The molecule has 0 radical (unpaired) electrons. The van der Waals surface area contributed by atoms with E-state index in [1.54, 1.807) is 12.1 Å². The van der Waals surface area contributed by atoms with Crippen LogP contribution in [0.4, 0.5) is 10.5 Å². The smallest absolute Gasteiger partial charge is 0.328 e. The Balaban J connectivity index is 1.87. The van der Waals surface area contributed by atoms with Gasteiger partial charge in [0.15, 0.2) is 0 Å². The third-order valence-corrected chi connectivity index (χ3v) is 4.25. The van der Waals surface area contributed by atoms with Crippen molar-refractivity contribution in [2.24, 2.45) is 11.7 Å². The van der Waals surface area contributed by atoms with Crippen molar-refractivity contribution in [3.63, 3.8) is 0 Å². The van der Waals surface area contributed by atoms with Gasteiger partial charge in [0, 0.05) is 12.6 Å². The summed E-state index contributed by atoms with van der Waals surface area (Å²) in [6, 6.07) is 6.97. The second-order valence-corrected chi connectivity index (χ2v) is 5.49. The second-order valence-electron chi connectivity index (χ2n) is 5.49. The summed E-state index contributed by atoms with van der Waals surface area (Å²) in [4.78, 5) is 26.0. The van der Waals surface area contributed by atoms with Crippen LogP contribution in [0, 0.1) is 5.92 Å². The zero-order valence-corrected chi connectivity index (χ0v) is 11.3. The Hall–Kier alpha value is -1.88. The van der Waals surface area contributed by atoms with E-state index in [-0.39, 0.29) is 23.9 Å². The molecule has 1 aromatic carbocycles. The molecule has 2 fully saturated rings. The first-order valence-electron chi connectivity index (χ1n) is 7.14. The summed E-state index contributed by atoms with van der Waals surface area (Å²) in [5.41, 5.74) is 7.16. The number of anilines is 1. The van der Waals surface area contributed by atoms with Gasteiger partial charge in [-0.25, -0.2) is 9.69 Å². The Morgan fingerprint density at radius 1 is 1.15 bits per heavy atom. The van der Waals surface area contributed by atoms with Gasteiger partial charge in [-0.05, 0) is 30.5 Å². The summed E-state index contributed by atoms with van der Waals surface area (Å²) in [5.74, 6) is -0.144. The number of carbonyl (C=O) groups is 2. The lowest BCUT2D eigenvalue weighted by atomic mass is 9.82. The first-order chi connectivity index (χ1) is 9.70. The summed E-state index contributed by atoms with van der Waals surface area (Å²) in [6.07, 6.45) is 3.91. The fraction of sp³-hybridized carbons (Fsp3) is 0.467. The predicted octanol–water partition coefficient (Wildman–Crippen LogP) is 1.76. The molecule has 3 rings (SSSR count). The van der Waals surface area contributed by atoms with E-state index < -0.39 is 0 Å². The summed E-state index contributed by atoms with van der Waals surface area (Å²) >= 11 is 0. The molecule has 2 unspecified atom stereocenters. The van der Waals surface area contributed by atoms with Crippen LogP contribution in [0.3, 0.4) is 0 Å². The molecule has 0 bridgehead atoms. The number of nitrogens with two attached hydrogens (primary N) is 1. The van der Waals surface area contributed by atoms with Crippen molar-refractivity contribution in [2.45, 2.75) is 38.3 Å². The van der Waals surface area contributed by atoms with Gasteiger partial charge >= 0.3 is 6.03 Å². The molecule has 0 spiro atoms. The van der Waals surface area contributed by atoms with E-state index in [0.29, 0.717) is 12.2 Å². The van der Waals surface area contributed by atoms with E-state index >= 15 is 0 Å². The molecule has 1 aliphatic heterocycles. The maximum atomic E-state index is 12.6. The lowest BCUT2D eigenvalue weighted by Crippen LogP contribution is -2.61. The Kier molecular flexibility index (Phi) is 3.44. The van der Waals surface area contributed by atoms with Crippen molar-refractivity contribution in [1.82, 2.24) is 5.32 Å². The molecule has 3 amide bonds. The van der Waals surface area contributed by atoms with Gasteiger partial charge < -0.3 is 11.1 Å². The number of nitrogens with one attached hydrogen (secondary N) is 1. The van der Waals surface area contributed by atoms with Crippen molar-refractivity contribution in [2.75, 3.05) is 4.90 Å². The van der Waals surface area contributed by atoms with Crippen molar-refractivity contribution in [1.29, 1.82) is 0 Å². The molecule has 3 N–H and O–H groups in total. The predicted molar refractivity (Wildman–Crippen MR) is 76.1 cm³/mol. The monoisotopic (exact) mass is 273 g/mol. The lowest BCUT2D eigenvalue weighted by molar-refractivity contribution is -0.124. The van der Waals surface area contributed by atoms with Gasteiger partial charge in [0.05, 0.1) is 11.6 Å². The van der Waals surface area contributed by atoms with Gasteiger partial charge in [-0.15, -0.1) is 0 Å². The van der Waals surface area contributed by atoms with Crippen LogP contribution in [-0.4, -0.2) is 18.0 Å². The third kappa shape index (κ3) is 2.18. The van der Waals surface area contributed by atoms with E-state index in [9.17, 15) is 9.59 Å². The minimum atomic E-state index is -0.307. The number of hydrogen-bond donors (Lipinski definition) is 2. The van der Waals surface area contributed by atoms with Crippen LogP contribution in [0.1, 0.15) is 31.2 Å². The molecule has 106 valence electrons. The molecule has 2 atom stereocenters. The molecular formula is C15H19N3O2. The van der Waals surface area contributed by atoms with Crippen molar-refractivity contribution >= 4 is 17.6 Å². The standard InChI is InChI=1S/C15H19N3O2/c16-9-10-5-7-11(8-6-10)18-14(19)12-3-1-2-4-13(12)17-15(18)20/h5-8,12-13H,1-4,9,16H2,(H,17,20). The SMILES string of the molecule is NCc1ccc(N2C(=O)NC3CCCCC3C2=O)cc1. The number of benzene rings is 1. The maximum absolute atomic E-state index is 12.6. The number of fused-ring (bicyclic) bond motifs is 1. The highest BCUT2D eigenvalue weighted by atomic mass is 16.2. The van der Waals surface area contributed by atoms with Crippen LogP contribution < -0.4 is 16.0 Å². The van der Waals surface area contributed by atoms with Crippen molar-refractivity contribution < 1.29 is 9.59 Å². The number of carbonyl (C=O) groups excluding carboxylic acids is 2. The zero-order chi connectivity index (χ0) is 14.1. The largest absolute Gasteiger partial charge is 0.334 e. The van der Waals surface area contributed by atoms with Crippen molar-refractivity contribution in [3.8, 4) is 0 Å². The number of nitrogens with zero attached hydrogens (tertiary/aromatic N) is 1. The van der Waals surface area contributed by atoms with Crippen LogP contribution in [-0.2, 0) is 11.3 Å². The van der Waals surface area contributed by atoms with Gasteiger partial charge in [0.25, 0.3) is 0 Å². The fourth-order valence-corrected chi connectivity index (χ4v) is 3.11. The fourth-order valence-electron chi connectivity index (χ4n) is 3.11. The average molecular weight is 273 g/mol. The molecule has 5 nitrogen and oxygen atoms in total. The van der Waals surface area contributed by atoms with E-state index in [0.717, 1.165) is 31.2 Å². The number of hydrogen-bond acceptors (Lipinski definition) is 3. The van der Waals surface area contributed by atoms with Gasteiger partial charge in [-0.3, -0.25) is 4.79 Å². The Labute approximate surface area is 118 Å². The highest BCUT2D eigenvalue weighted by molar-refractivity contribution is 6.17. The zero-order valence-electron chi connectivity index (χ0n) is 11.3. The van der Waals surface area contributed by atoms with Crippen LogP contribution in [0.2, 0.25) is 0 Å². The molecule has 1 aromatic rings. The second kappa shape index (κ2) is 5.25. The van der Waals surface area contributed by atoms with Crippen LogP contribution in [0.25, 0.3) is 0 Å². The Bertz CT molecular complexity index is 526. The number of imide groups is 1. The molecule has 1 aliphatic carbocycles. The van der Waals surface area contributed by atoms with E-state index in [1.807, 2.05) is 12.1 Å².